The Morgan fingerprint density at radius 1 is 0.950 bits per heavy atom. The highest BCUT2D eigenvalue weighted by Crippen LogP contribution is 2.34. The van der Waals surface area contributed by atoms with Crippen molar-refractivity contribution in [3.05, 3.63) is 83.2 Å². The molecule has 0 saturated carbocycles. The first-order chi connectivity index (χ1) is 9.84. The molecule has 0 atom stereocenters. The minimum atomic E-state index is 0.756. The molecule has 20 heavy (non-hydrogen) atoms. The molecular weight excluding hydrogens is 246 g/mol. The van der Waals surface area contributed by atoms with E-state index in [1.165, 1.54) is 0 Å². The topological polar surface area (TPSA) is 41.6 Å². The molecular formula is C17H13N3. The second-order valence-electron chi connectivity index (χ2n) is 4.80. The number of rotatable bonds is 0. The Morgan fingerprint density at radius 3 is 2.70 bits per heavy atom. The molecule has 3 heteroatoms. The summed E-state index contributed by atoms with van der Waals surface area (Å²) in [5, 5.41) is 2.01. The first kappa shape index (κ1) is 11.1. The van der Waals surface area contributed by atoms with Gasteiger partial charge in [-0.25, -0.2) is 4.99 Å². The number of hydrogen-bond acceptors (Lipinski definition) is 3. The maximum absolute atomic E-state index is 6.22. The van der Waals surface area contributed by atoms with Crippen LogP contribution in [0.5, 0.6) is 0 Å². The number of anilines is 1. The first-order valence-electron chi connectivity index (χ1n) is 6.55. The van der Waals surface area contributed by atoms with Crippen molar-refractivity contribution in [1.29, 1.82) is 0 Å². The van der Waals surface area contributed by atoms with Crippen LogP contribution in [0.2, 0.25) is 0 Å². The van der Waals surface area contributed by atoms with E-state index in [1.54, 1.807) is 0 Å². The number of para-hydroxylation sites is 3. The Labute approximate surface area is 116 Å². The average Bonchev–Trinajstić information content (AvgIpc) is 2.62. The Kier molecular flexibility index (Phi) is 2.27. The van der Waals surface area contributed by atoms with Crippen molar-refractivity contribution in [3.8, 4) is 0 Å². The number of nitrogens with zero attached hydrogens (tertiary/aromatic N) is 2. The molecule has 0 saturated heterocycles. The fourth-order valence-electron chi connectivity index (χ4n) is 2.67. The molecule has 2 N–H and O–H groups in total. The summed E-state index contributed by atoms with van der Waals surface area (Å²) in [6.07, 6.45) is 5.92. The molecule has 0 fully saturated rings. The molecule has 0 aliphatic carbocycles. The molecule has 0 aromatic heterocycles. The lowest BCUT2D eigenvalue weighted by molar-refractivity contribution is 1.21. The molecule has 2 heterocycles. The minimum Gasteiger partial charge on any atom is -0.397 e. The van der Waals surface area contributed by atoms with E-state index in [4.69, 9.17) is 10.7 Å². The highest BCUT2D eigenvalue weighted by Gasteiger charge is 2.20. The van der Waals surface area contributed by atoms with Crippen LogP contribution in [-0.2, 0) is 0 Å². The van der Waals surface area contributed by atoms with Crippen molar-refractivity contribution >= 4 is 17.1 Å². The van der Waals surface area contributed by atoms with Gasteiger partial charge in [-0.3, -0.25) is 0 Å². The predicted octanol–water partition coefficient (Wildman–Crippen LogP) is 1.94. The van der Waals surface area contributed by atoms with Crippen LogP contribution in [0, 0.1) is 0 Å². The molecule has 0 bridgehead atoms. The van der Waals surface area contributed by atoms with Gasteiger partial charge in [-0.05, 0) is 30.4 Å². The normalized spacial score (nSPS) is 15.5. The van der Waals surface area contributed by atoms with Gasteiger partial charge in [-0.15, -0.1) is 0 Å². The molecule has 3 nitrogen and oxygen atoms in total. The molecule has 4 rings (SSSR count). The predicted molar refractivity (Wildman–Crippen MR) is 80.6 cm³/mol. The van der Waals surface area contributed by atoms with Gasteiger partial charge in [0.15, 0.2) is 0 Å². The van der Waals surface area contributed by atoms with Crippen LogP contribution in [-0.4, -0.2) is 0 Å². The van der Waals surface area contributed by atoms with Crippen LogP contribution in [0.1, 0.15) is 0 Å². The van der Waals surface area contributed by atoms with Gasteiger partial charge in [0.05, 0.1) is 28.1 Å². The summed E-state index contributed by atoms with van der Waals surface area (Å²) < 4.78 is 0. The number of benzene rings is 2. The zero-order valence-electron chi connectivity index (χ0n) is 10.8. The molecule has 0 unspecified atom stereocenters. The van der Waals surface area contributed by atoms with Crippen molar-refractivity contribution in [2.75, 3.05) is 4.90 Å². The van der Waals surface area contributed by atoms with Gasteiger partial charge in [0, 0.05) is 11.4 Å². The van der Waals surface area contributed by atoms with E-state index >= 15 is 0 Å². The van der Waals surface area contributed by atoms with Crippen LogP contribution in [0.25, 0.3) is 5.70 Å². The number of nitrogens with two attached hydrogens (primary N) is 1. The minimum absolute atomic E-state index is 0.756. The van der Waals surface area contributed by atoms with Crippen LogP contribution >= 0.6 is 0 Å². The average molecular weight is 259 g/mol. The number of fused-ring (bicyclic) bond motifs is 4. The molecule has 0 spiro atoms. The van der Waals surface area contributed by atoms with E-state index in [0.717, 1.165) is 33.3 Å². The quantitative estimate of drug-likeness (QED) is 0.785. The van der Waals surface area contributed by atoms with E-state index in [2.05, 4.69) is 17.0 Å². The summed E-state index contributed by atoms with van der Waals surface area (Å²) >= 11 is 0. The highest BCUT2D eigenvalue weighted by molar-refractivity contribution is 5.87. The van der Waals surface area contributed by atoms with Gasteiger partial charge in [-0.1, -0.05) is 30.3 Å². The van der Waals surface area contributed by atoms with Gasteiger partial charge in [0.1, 0.15) is 0 Å². The molecule has 2 aliphatic heterocycles. The summed E-state index contributed by atoms with van der Waals surface area (Å²) in [6, 6.07) is 16.2. The standard InChI is InChI=1S/C17H13N3/c18-13-7-5-11-20-16-10-4-3-9-15(16)19-14-8-2-1-6-12(14)17(13)20/h1-11H,18H2. The van der Waals surface area contributed by atoms with Gasteiger partial charge < -0.3 is 10.6 Å². The molecule has 2 aromatic carbocycles. The van der Waals surface area contributed by atoms with E-state index < -0.39 is 0 Å². The van der Waals surface area contributed by atoms with Crippen molar-refractivity contribution in [2.45, 2.75) is 0 Å². The van der Waals surface area contributed by atoms with E-state index in [1.807, 2.05) is 54.8 Å². The van der Waals surface area contributed by atoms with E-state index in [-0.39, 0.29) is 0 Å². The third kappa shape index (κ3) is 1.50. The monoisotopic (exact) mass is 259 g/mol. The van der Waals surface area contributed by atoms with Gasteiger partial charge >= 0.3 is 0 Å². The van der Waals surface area contributed by atoms with Crippen LogP contribution in [0.4, 0.5) is 11.4 Å². The Bertz CT molecular complexity index is 875. The molecule has 0 radical (unpaired) electrons. The molecule has 0 amide bonds. The summed E-state index contributed by atoms with van der Waals surface area (Å²) in [4.78, 5) is 6.89. The molecule has 2 aliphatic rings. The summed E-state index contributed by atoms with van der Waals surface area (Å²) in [5.41, 5.74) is 9.97. The Balaban J connectivity index is 2.20. The zero-order valence-corrected chi connectivity index (χ0v) is 10.8. The Morgan fingerprint density at radius 2 is 1.75 bits per heavy atom. The van der Waals surface area contributed by atoms with Crippen LogP contribution in [0.15, 0.2) is 77.6 Å². The van der Waals surface area contributed by atoms with Crippen LogP contribution < -0.4 is 21.2 Å². The summed E-state index contributed by atoms with van der Waals surface area (Å²) in [7, 11) is 0. The lowest BCUT2D eigenvalue weighted by Gasteiger charge is -2.26. The molecule has 96 valence electrons. The third-order valence-corrected chi connectivity index (χ3v) is 3.57. The van der Waals surface area contributed by atoms with Crippen molar-refractivity contribution in [1.82, 2.24) is 0 Å². The SMILES string of the molecule is NC1=CC=CN2C1=c1ccccc1=Nc1ccccc12. The third-order valence-electron chi connectivity index (χ3n) is 3.57. The molecule has 2 aromatic rings. The second kappa shape index (κ2) is 4.10. The lowest BCUT2D eigenvalue weighted by atomic mass is 10.1. The summed E-state index contributed by atoms with van der Waals surface area (Å²) in [6.45, 7) is 0. The van der Waals surface area contributed by atoms with Gasteiger partial charge in [0.2, 0.25) is 0 Å². The van der Waals surface area contributed by atoms with Gasteiger partial charge in [0.25, 0.3) is 0 Å². The smallest absolute Gasteiger partial charge is 0.0877 e. The van der Waals surface area contributed by atoms with Crippen molar-refractivity contribution < 1.29 is 0 Å². The maximum Gasteiger partial charge on any atom is 0.0877 e. The first-order valence-corrected chi connectivity index (χ1v) is 6.55. The fourth-order valence-corrected chi connectivity index (χ4v) is 2.67. The number of allylic oxidation sites excluding steroid dienone is 2. The second-order valence-corrected chi connectivity index (χ2v) is 4.80. The highest BCUT2D eigenvalue weighted by atomic mass is 15.2. The summed E-state index contributed by atoms with van der Waals surface area (Å²) in [5.74, 6) is 0. The Hall–Kier alpha value is -2.81. The van der Waals surface area contributed by atoms with E-state index in [0.29, 0.717) is 0 Å². The van der Waals surface area contributed by atoms with Crippen molar-refractivity contribution in [3.63, 3.8) is 0 Å². The lowest BCUT2D eigenvalue weighted by Crippen LogP contribution is -2.34. The van der Waals surface area contributed by atoms with E-state index in [9.17, 15) is 0 Å². The fraction of sp³-hybridized carbons (Fsp3) is 0. The maximum atomic E-state index is 6.22. The largest absolute Gasteiger partial charge is 0.397 e. The van der Waals surface area contributed by atoms with Gasteiger partial charge in [-0.2, -0.15) is 0 Å². The number of hydrogen-bond donors (Lipinski definition) is 1. The zero-order chi connectivity index (χ0) is 13.5. The van der Waals surface area contributed by atoms with Crippen molar-refractivity contribution in [2.24, 2.45) is 10.7 Å². The van der Waals surface area contributed by atoms with Crippen LogP contribution in [0.3, 0.4) is 0 Å².